The molecular formula is C11H15NO5S2. The molecular weight excluding hydrogens is 290 g/mol. The molecule has 0 aromatic carbocycles. The average Bonchev–Trinajstić information content (AvgIpc) is 2.89. The van der Waals surface area contributed by atoms with Crippen molar-refractivity contribution in [1.82, 2.24) is 4.31 Å². The van der Waals surface area contributed by atoms with Crippen LogP contribution in [0, 0.1) is 0 Å². The molecule has 6 nitrogen and oxygen atoms in total. The minimum Gasteiger partial charge on any atom is -0.477 e. The Morgan fingerprint density at radius 1 is 1.47 bits per heavy atom. The molecule has 106 valence electrons. The van der Waals surface area contributed by atoms with Gasteiger partial charge in [-0.25, -0.2) is 13.2 Å². The number of aromatic carboxylic acids is 1. The summed E-state index contributed by atoms with van der Waals surface area (Å²) >= 11 is 0.889. The van der Waals surface area contributed by atoms with Crippen molar-refractivity contribution in [2.24, 2.45) is 0 Å². The number of carboxylic acid groups (broad SMARTS) is 1. The number of aliphatic hydroxyl groups is 1. The summed E-state index contributed by atoms with van der Waals surface area (Å²) in [5, 5.41) is 19.4. The maximum absolute atomic E-state index is 12.4. The van der Waals surface area contributed by atoms with E-state index in [1.54, 1.807) is 0 Å². The molecule has 19 heavy (non-hydrogen) atoms. The Labute approximate surface area is 115 Å². The number of hydrogen-bond acceptors (Lipinski definition) is 5. The van der Waals surface area contributed by atoms with Crippen molar-refractivity contribution in [3.63, 3.8) is 0 Å². The summed E-state index contributed by atoms with van der Waals surface area (Å²) in [5.41, 5.74) is 0. The molecule has 2 rings (SSSR count). The zero-order valence-corrected chi connectivity index (χ0v) is 11.8. The fraction of sp³-hybridized carbons (Fsp3) is 0.545. The van der Waals surface area contributed by atoms with Gasteiger partial charge in [-0.2, -0.15) is 4.31 Å². The Morgan fingerprint density at radius 3 is 2.79 bits per heavy atom. The first-order valence-electron chi connectivity index (χ1n) is 5.91. The number of thiophene rings is 1. The highest BCUT2D eigenvalue weighted by Gasteiger charge is 2.33. The normalized spacial score (nSPS) is 21.4. The number of nitrogens with zero attached hydrogens (tertiary/aromatic N) is 1. The summed E-state index contributed by atoms with van der Waals surface area (Å²) in [7, 11) is -3.72. The van der Waals surface area contributed by atoms with Crippen LogP contribution in [0.5, 0.6) is 0 Å². The zero-order valence-electron chi connectivity index (χ0n) is 10.2. The lowest BCUT2D eigenvalue weighted by atomic mass is 10.1. The molecule has 1 aromatic heterocycles. The number of aliphatic hydroxyl groups excluding tert-OH is 1. The Kier molecular flexibility index (Phi) is 4.24. The zero-order chi connectivity index (χ0) is 14.0. The van der Waals surface area contributed by atoms with E-state index in [0.29, 0.717) is 13.0 Å². The molecule has 1 unspecified atom stereocenters. The third-order valence-corrected chi connectivity index (χ3v) is 6.17. The summed E-state index contributed by atoms with van der Waals surface area (Å²) in [6.45, 7) is 0.154. The lowest BCUT2D eigenvalue weighted by Crippen LogP contribution is -2.45. The highest BCUT2D eigenvalue weighted by molar-refractivity contribution is 7.89. The van der Waals surface area contributed by atoms with Gasteiger partial charge in [-0.3, -0.25) is 0 Å². The van der Waals surface area contributed by atoms with Crippen LogP contribution in [-0.4, -0.2) is 48.1 Å². The lowest BCUT2D eigenvalue weighted by Gasteiger charge is -2.33. The molecule has 8 heteroatoms. The molecule has 1 aliphatic rings. The quantitative estimate of drug-likeness (QED) is 0.864. The summed E-state index contributed by atoms with van der Waals surface area (Å²) in [4.78, 5) is 10.8. The largest absolute Gasteiger partial charge is 0.477 e. The van der Waals surface area contributed by atoms with E-state index in [9.17, 15) is 18.3 Å². The Hall–Kier alpha value is -0.960. The van der Waals surface area contributed by atoms with Gasteiger partial charge in [0.25, 0.3) is 0 Å². The van der Waals surface area contributed by atoms with Crippen molar-refractivity contribution >= 4 is 27.3 Å². The Morgan fingerprint density at radius 2 is 2.21 bits per heavy atom. The minimum absolute atomic E-state index is 0.00358. The van der Waals surface area contributed by atoms with Gasteiger partial charge in [0, 0.05) is 18.0 Å². The number of sulfonamides is 1. The van der Waals surface area contributed by atoms with Crippen LogP contribution in [0.4, 0.5) is 0 Å². The van der Waals surface area contributed by atoms with Crippen molar-refractivity contribution in [3.05, 3.63) is 16.3 Å². The number of rotatable bonds is 4. The molecule has 2 N–H and O–H groups in total. The van der Waals surface area contributed by atoms with Gasteiger partial charge in [0.15, 0.2) is 0 Å². The third-order valence-electron chi connectivity index (χ3n) is 3.18. The van der Waals surface area contributed by atoms with E-state index in [1.165, 1.54) is 15.8 Å². The second kappa shape index (κ2) is 5.58. The first-order valence-corrected chi connectivity index (χ1v) is 8.23. The molecule has 0 bridgehead atoms. The average molecular weight is 305 g/mol. The number of hydrogen-bond donors (Lipinski definition) is 2. The van der Waals surface area contributed by atoms with E-state index in [-0.39, 0.29) is 16.4 Å². The predicted octanol–water partition coefficient (Wildman–Crippen LogP) is 0.982. The molecule has 1 saturated heterocycles. The molecule has 0 spiro atoms. The Balaban J connectivity index is 2.32. The molecule has 1 aliphatic heterocycles. The minimum atomic E-state index is -3.72. The van der Waals surface area contributed by atoms with E-state index in [1.807, 2.05) is 0 Å². The smallest absolute Gasteiger partial charge is 0.345 e. The monoisotopic (exact) mass is 305 g/mol. The van der Waals surface area contributed by atoms with Crippen LogP contribution in [-0.2, 0) is 10.0 Å². The SMILES string of the molecule is O=C(O)c1cc(S(=O)(=O)N2CCCCC2CO)cs1. The fourth-order valence-corrected chi connectivity index (χ4v) is 4.96. The van der Waals surface area contributed by atoms with Gasteiger partial charge in [-0.1, -0.05) is 6.42 Å². The van der Waals surface area contributed by atoms with Crippen molar-refractivity contribution in [1.29, 1.82) is 0 Å². The van der Waals surface area contributed by atoms with Gasteiger partial charge in [0.2, 0.25) is 10.0 Å². The van der Waals surface area contributed by atoms with E-state index in [2.05, 4.69) is 0 Å². The predicted molar refractivity (Wildman–Crippen MR) is 69.9 cm³/mol. The van der Waals surface area contributed by atoms with Crippen molar-refractivity contribution in [2.45, 2.75) is 30.2 Å². The molecule has 1 fully saturated rings. The van der Waals surface area contributed by atoms with Gasteiger partial charge >= 0.3 is 5.97 Å². The molecule has 1 atom stereocenters. The molecule has 0 aliphatic carbocycles. The van der Waals surface area contributed by atoms with Gasteiger partial charge in [-0.05, 0) is 18.9 Å². The highest BCUT2D eigenvalue weighted by Crippen LogP contribution is 2.28. The van der Waals surface area contributed by atoms with Gasteiger partial charge in [-0.15, -0.1) is 11.3 Å². The Bertz CT molecular complexity index is 565. The number of piperidine rings is 1. The van der Waals surface area contributed by atoms with Crippen LogP contribution in [0.2, 0.25) is 0 Å². The van der Waals surface area contributed by atoms with E-state index >= 15 is 0 Å². The van der Waals surface area contributed by atoms with E-state index < -0.39 is 22.0 Å². The van der Waals surface area contributed by atoms with E-state index in [0.717, 1.165) is 24.2 Å². The summed E-state index contributed by atoms with van der Waals surface area (Å²) < 4.78 is 26.1. The van der Waals surface area contributed by atoms with Crippen molar-refractivity contribution < 1.29 is 23.4 Å². The van der Waals surface area contributed by atoms with Crippen LogP contribution >= 0.6 is 11.3 Å². The van der Waals surface area contributed by atoms with Gasteiger partial charge < -0.3 is 10.2 Å². The summed E-state index contributed by atoms with van der Waals surface area (Å²) in [6.07, 6.45) is 2.28. The maximum atomic E-state index is 12.4. The summed E-state index contributed by atoms with van der Waals surface area (Å²) in [6, 6.07) is 0.762. The molecule has 0 saturated carbocycles. The third kappa shape index (κ3) is 2.81. The lowest BCUT2D eigenvalue weighted by molar-refractivity contribution is 0.0702. The fourth-order valence-electron chi connectivity index (χ4n) is 2.17. The van der Waals surface area contributed by atoms with Crippen LogP contribution in [0.3, 0.4) is 0 Å². The second-order valence-electron chi connectivity index (χ2n) is 4.40. The standard InChI is InChI=1S/C11H15NO5S2/c13-6-8-3-1-2-4-12(8)19(16,17)9-5-10(11(14)15)18-7-9/h5,7-8,13H,1-4,6H2,(H,14,15). The van der Waals surface area contributed by atoms with Crippen LogP contribution in [0.25, 0.3) is 0 Å². The molecule has 2 heterocycles. The number of carbonyl (C=O) groups is 1. The van der Waals surface area contributed by atoms with Crippen molar-refractivity contribution in [3.8, 4) is 0 Å². The van der Waals surface area contributed by atoms with Crippen LogP contribution in [0.1, 0.15) is 28.9 Å². The molecule has 0 amide bonds. The van der Waals surface area contributed by atoms with Crippen LogP contribution in [0.15, 0.2) is 16.3 Å². The van der Waals surface area contributed by atoms with Crippen molar-refractivity contribution in [2.75, 3.05) is 13.2 Å². The molecule has 1 aromatic rings. The highest BCUT2D eigenvalue weighted by atomic mass is 32.2. The first kappa shape index (κ1) is 14.4. The van der Waals surface area contributed by atoms with Crippen LogP contribution < -0.4 is 0 Å². The maximum Gasteiger partial charge on any atom is 0.345 e. The second-order valence-corrected chi connectivity index (χ2v) is 7.20. The first-order chi connectivity index (χ1) is 8.96. The number of carboxylic acids is 1. The molecule has 0 radical (unpaired) electrons. The van der Waals surface area contributed by atoms with Gasteiger partial charge in [0.1, 0.15) is 4.88 Å². The van der Waals surface area contributed by atoms with E-state index in [4.69, 9.17) is 5.11 Å². The summed E-state index contributed by atoms with van der Waals surface area (Å²) in [5.74, 6) is -1.14. The topological polar surface area (TPSA) is 94.9 Å². The van der Waals surface area contributed by atoms with Gasteiger partial charge in [0.05, 0.1) is 11.5 Å².